The van der Waals surface area contributed by atoms with Crippen molar-refractivity contribution in [3.63, 3.8) is 0 Å². The van der Waals surface area contributed by atoms with Crippen LogP contribution in [0.1, 0.15) is 22.3 Å². The van der Waals surface area contributed by atoms with Gasteiger partial charge in [-0.25, -0.2) is 4.79 Å². The number of aromatic nitrogens is 1. The summed E-state index contributed by atoms with van der Waals surface area (Å²) in [5.74, 6) is -0.716. The van der Waals surface area contributed by atoms with Crippen molar-refractivity contribution in [2.24, 2.45) is 0 Å². The van der Waals surface area contributed by atoms with Gasteiger partial charge in [0.1, 0.15) is 12.7 Å². The zero-order chi connectivity index (χ0) is 19.4. The van der Waals surface area contributed by atoms with Gasteiger partial charge in [-0.15, -0.1) is 0 Å². The van der Waals surface area contributed by atoms with Crippen LogP contribution in [0, 0.1) is 11.3 Å². The van der Waals surface area contributed by atoms with Gasteiger partial charge in [-0.2, -0.15) is 18.4 Å². The molecule has 0 unspecified atom stereocenters. The van der Waals surface area contributed by atoms with Gasteiger partial charge in [0.05, 0.1) is 16.6 Å². The van der Waals surface area contributed by atoms with Crippen molar-refractivity contribution >= 4 is 17.6 Å². The number of alkyl halides is 3. The lowest BCUT2D eigenvalue weighted by molar-refractivity contribution is -0.139. The van der Waals surface area contributed by atoms with Gasteiger partial charge in [0.15, 0.2) is 0 Å². The monoisotopic (exact) mass is 370 g/mol. The average molecular weight is 370 g/mol. The van der Waals surface area contributed by atoms with E-state index in [-0.39, 0.29) is 12.2 Å². The molecule has 0 N–H and O–H groups in total. The van der Waals surface area contributed by atoms with E-state index in [1.165, 1.54) is 18.2 Å². The summed E-state index contributed by atoms with van der Waals surface area (Å²) >= 11 is 0. The second-order valence-corrected chi connectivity index (χ2v) is 5.70. The highest BCUT2D eigenvalue weighted by Crippen LogP contribution is 2.29. The number of nitriles is 1. The predicted octanol–water partition coefficient (Wildman–Crippen LogP) is 4.59. The van der Waals surface area contributed by atoms with Crippen LogP contribution in [-0.4, -0.2) is 10.4 Å². The van der Waals surface area contributed by atoms with Crippen molar-refractivity contribution in [3.8, 4) is 6.07 Å². The van der Waals surface area contributed by atoms with Gasteiger partial charge in [0.2, 0.25) is 0 Å². The van der Waals surface area contributed by atoms with Crippen LogP contribution >= 0.6 is 0 Å². The number of benzene rings is 1. The Morgan fingerprint density at radius 1 is 1.22 bits per heavy atom. The summed E-state index contributed by atoms with van der Waals surface area (Å²) in [4.78, 5) is 11.9. The second-order valence-electron chi connectivity index (χ2n) is 5.70. The number of hydrogen-bond donors (Lipinski definition) is 0. The van der Waals surface area contributed by atoms with E-state index in [1.54, 1.807) is 28.9 Å². The Balaban J connectivity index is 1.69. The molecule has 3 aromatic rings. The molecule has 2 heterocycles. The van der Waals surface area contributed by atoms with Crippen molar-refractivity contribution in [1.29, 1.82) is 5.26 Å². The van der Waals surface area contributed by atoms with E-state index >= 15 is 0 Å². The van der Waals surface area contributed by atoms with Crippen molar-refractivity contribution in [2.75, 3.05) is 0 Å². The van der Waals surface area contributed by atoms with Gasteiger partial charge in [-0.05, 0) is 35.9 Å². The van der Waals surface area contributed by atoms with Crippen molar-refractivity contribution < 1.29 is 22.7 Å². The molecular formula is C20H13F3N2O2. The number of pyridine rings is 1. The number of halogens is 3. The maximum absolute atomic E-state index is 12.7. The van der Waals surface area contributed by atoms with E-state index in [4.69, 9.17) is 4.74 Å². The van der Waals surface area contributed by atoms with E-state index in [0.717, 1.165) is 18.2 Å². The molecule has 0 aliphatic carbocycles. The lowest BCUT2D eigenvalue weighted by Gasteiger charge is -2.06. The molecule has 0 fully saturated rings. The summed E-state index contributed by atoms with van der Waals surface area (Å²) < 4.78 is 44.9. The molecule has 0 bridgehead atoms. The van der Waals surface area contributed by atoms with E-state index in [1.807, 2.05) is 6.07 Å². The average Bonchev–Trinajstić information content (AvgIpc) is 3.01. The van der Waals surface area contributed by atoms with Crippen molar-refractivity contribution in [2.45, 2.75) is 12.8 Å². The number of carbonyl (C=O) groups is 1. The fraction of sp³-hybridized carbons (Fsp3) is 0.100. The highest BCUT2D eigenvalue weighted by Gasteiger charge is 2.30. The highest BCUT2D eigenvalue weighted by atomic mass is 19.4. The maximum Gasteiger partial charge on any atom is 0.416 e. The first-order chi connectivity index (χ1) is 12.9. The molecule has 0 spiro atoms. The summed E-state index contributed by atoms with van der Waals surface area (Å²) in [5, 5.41) is 9.30. The summed E-state index contributed by atoms with van der Waals surface area (Å²) in [6, 6.07) is 12.1. The Morgan fingerprint density at radius 3 is 2.78 bits per heavy atom. The van der Waals surface area contributed by atoms with Crippen LogP contribution in [0.5, 0.6) is 0 Å². The SMILES string of the molecule is N#Cc1c(COC(=O)C=Cc2cccc(C(F)(F)F)c2)cn2ccccc12. The highest BCUT2D eigenvalue weighted by molar-refractivity contribution is 5.87. The molecule has 136 valence electrons. The van der Waals surface area contributed by atoms with Gasteiger partial charge in [-0.1, -0.05) is 18.2 Å². The minimum Gasteiger partial charge on any atom is -0.458 e. The Labute approximate surface area is 152 Å². The molecule has 0 atom stereocenters. The van der Waals surface area contributed by atoms with Crippen LogP contribution in [0.25, 0.3) is 11.6 Å². The molecule has 0 amide bonds. The van der Waals surface area contributed by atoms with Crippen LogP contribution in [-0.2, 0) is 22.3 Å². The van der Waals surface area contributed by atoms with Crippen LogP contribution in [0.3, 0.4) is 0 Å². The standard InChI is InChI=1S/C20H13F3N2O2/c21-20(22,23)16-5-3-4-14(10-16)7-8-19(26)27-13-15-12-25-9-2-1-6-18(25)17(15)11-24/h1-10,12H,13H2. The molecule has 0 saturated heterocycles. The maximum atomic E-state index is 12.7. The fourth-order valence-electron chi connectivity index (χ4n) is 2.60. The molecule has 2 aromatic heterocycles. The summed E-state index contributed by atoms with van der Waals surface area (Å²) in [6.45, 7) is -0.115. The Kier molecular flexibility index (Phi) is 4.99. The zero-order valence-electron chi connectivity index (χ0n) is 13.9. The second kappa shape index (κ2) is 7.38. The van der Waals surface area contributed by atoms with Gasteiger partial charge in [0, 0.05) is 24.0 Å². The first kappa shape index (κ1) is 18.3. The number of rotatable bonds is 4. The number of esters is 1. The molecule has 0 radical (unpaired) electrons. The minimum atomic E-state index is -4.45. The molecule has 0 aliphatic heterocycles. The Morgan fingerprint density at radius 2 is 2.04 bits per heavy atom. The van der Waals surface area contributed by atoms with E-state index < -0.39 is 17.7 Å². The quantitative estimate of drug-likeness (QED) is 0.499. The summed E-state index contributed by atoms with van der Waals surface area (Å²) in [7, 11) is 0. The molecule has 1 aromatic carbocycles. The summed E-state index contributed by atoms with van der Waals surface area (Å²) in [6.07, 6.45) is 1.32. The topological polar surface area (TPSA) is 54.5 Å². The largest absolute Gasteiger partial charge is 0.458 e. The lowest BCUT2D eigenvalue weighted by Crippen LogP contribution is -2.04. The van der Waals surface area contributed by atoms with Gasteiger partial charge in [-0.3, -0.25) is 0 Å². The number of carbonyl (C=O) groups excluding carboxylic acids is 1. The molecule has 7 heteroatoms. The van der Waals surface area contributed by atoms with Crippen LogP contribution < -0.4 is 0 Å². The third-order valence-electron chi connectivity index (χ3n) is 3.87. The van der Waals surface area contributed by atoms with E-state index in [2.05, 4.69) is 6.07 Å². The first-order valence-corrected chi connectivity index (χ1v) is 7.89. The molecule has 3 rings (SSSR count). The smallest absolute Gasteiger partial charge is 0.416 e. The van der Waals surface area contributed by atoms with E-state index in [0.29, 0.717) is 16.6 Å². The van der Waals surface area contributed by atoms with Gasteiger partial charge in [0.25, 0.3) is 0 Å². The van der Waals surface area contributed by atoms with Crippen LogP contribution in [0.15, 0.2) is 60.9 Å². The number of hydrogen-bond acceptors (Lipinski definition) is 3. The zero-order valence-corrected chi connectivity index (χ0v) is 13.9. The molecule has 0 aliphatic rings. The Bertz CT molecular complexity index is 1060. The lowest BCUT2D eigenvalue weighted by atomic mass is 10.1. The predicted molar refractivity (Wildman–Crippen MR) is 92.4 cm³/mol. The number of fused-ring (bicyclic) bond motifs is 1. The molecule has 27 heavy (non-hydrogen) atoms. The van der Waals surface area contributed by atoms with E-state index in [9.17, 15) is 23.2 Å². The third-order valence-corrected chi connectivity index (χ3v) is 3.87. The van der Waals surface area contributed by atoms with Crippen LogP contribution in [0.4, 0.5) is 13.2 Å². The number of nitrogens with zero attached hydrogens (tertiary/aromatic N) is 2. The van der Waals surface area contributed by atoms with Crippen molar-refractivity contribution in [3.05, 3.63) is 83.2 Å². The third kappa shape index (κ3) is 4.18. The molecule has 0 saturated carbocycles. The molecular weight excluding hydrogens is 357 g/mol. The summed E-state index contributed by atoms with van der Waals surface area (Å²) in [5.41, 5.74) is 1.09. The van der Waals surface area contributed by atoms with Crippen LogP contribution in [0.2, 0.25) is 0 Å². The number of ether oxygens (including phenoxy) is 1. The van der Waals surface area contributed by atoms with Gasteiger partial charge >= 0.3 is 12.1 Å². The van der Waals surface area contributed by atoms with Gasteiger partial charge < -0.3 is 9.14 Å². The normalized spacial score (nSPS) is 11.6. The minimum absolute atomic E-state index is 0.115. The van der Waals surface area contributed by atoms with Crippen molar-refractivity contribution in [1.82, 2.24) is 4.40 Å². The molecule has 4 nitrogen and oxygen atoms in total. The Hall–Kier alpha value is -3.53. The fourth-order valence-corrected chi connectivity index (χ4v) is 2.60. The first-order valence-electron chi connectivity index (χ1n) is 7.89.